The second-order valence-electron chi connectivity index (χ2n) is 6.09. The van der Waals surface area contributed by atoms with Gasteiger partial charge in [0.1, 0.15) is 0 Å². The first-order chi connectivity index (χ1) is 11.1. The van der Waals surface area contributed by atoms with Crippen LogP contribution in [-0.4, -0.2) is 29.0 Å². The Labute approximate surface area is 137 Å². The van der Waals surface area contributed by atoms with Gasteiger partial charge in [0.25, 0.3) is 0 Å². The van der Waals surface area contributed by atoms with Gasteiger partial charge in [-0.15, -0.1) is 0 Å². The molecule has 1 saturated heterocycles. The Kier molecular flexibility index (Phi) is 6.32. The number of carbonyl (C=O) groups excluding carboxylic acids is 2. The maximum atomic E-state index is 12.2. The maximum Gasteiger partial charge on any atom is 0.245 e. The fourth-order valence-electron chi connectivity index (χ4n) is 2.63. The number of likely N-dealkylation sites (tertiary alicyclic amines) is 1. The average molecular weight is 315 g/mol. The smallest absolute Gasteiger partial charge is 0.245 e. The number of hydrogen-bond donors (Lipinski definition) is 1. The summed E-state index contributed by atoms with van der Waals surface area (Å²) in [6.45, 7) is 5.06. The summed E-state index contributed by atoms with van der Waals surface area (Å²) in [7, 11) is 0. The molecule has 5 heteroatoms. The van der Waals surface area contributed by atoms with Crippen molar-refractivity contribution in [3.63, 3.8) is 0 Å². The SMILES string of the molecule is CCCC/C(C)=N/NC(=O)C1CC(=O)N(Cc2ccccc2)C1. The number of rotatable bonds is 7. The van der Waals surface area contributed by atoms with E-state index in [2.05, 4.69) is 17.5 Å². The van der Waals surface area contributed by atoms with Crippen molar-refractivity contribution in [2.45, 2.75) is 46.1 Å². The van der Waals surface area contributed by atoms with Crippen molar-refractivity contribution in [1.29, 1.82) is 0 Å². The topological polar surface area (TPSA) is 61.8 Å². The Morgan fingerprint density at radius 1 is 1.35 bits per heavy atom. The molecule has 2 rings (SSSR count). The van der Waals surface area contributed by atoms with Gasteiger partial charge in [-0.25, -0.2) is 5.43 Å². The van der Waals surface area contributed by atoms with Crippen molar-refractivity contribution >= 4 is 17.5 Å². The highest BCUT2D eigenvalue weighted by molar-refractivity contribution is 5.90. The van der Waals surface area contributed by atoms with Crippen LogP contribution in [0.5, 0.6) is 0 Å². The molecule has 23 heavy (non-hydrogen) atoms. The van der Waals surface area contributed by atoms with E-state index >= 15 is 0 Å². The van der Waals surface area contributed by atoms with E-state index in [0.717, 1.165) is 30.5 Å². The van der Waals surface area contributed by atoms with Gasteiger partial charge in [-0.05, 0) is 25.3 Å². The maximum absolute atomic E-state index is 12.2. The highest BCUT2D eigenvalue weighted by atomic mass is 16.2. The van der Waals surface area contributed by atoms with Gasteiger partial charge < -0.3 is 4.90 Å². The lowest BCUT2D eigenvalue weighted by atomic mass is 10.1. The summed E-state index contributed by atoms with van der Waals surface area (Å²) in [5.41, 5.74) is 4.61. The van der Waals surface area contributed by atoms with Gasteiger partial charge in [-0.2, -0.15) is 5.10 Å². The minimum Gasteiger partial charge on any atom is -0.338 e. The first-order valence-corrected chi connectivity index (χ1v) is 8.25. The summed E-state index contributed by atoms with van der Waals surface area (Å²) >= 11 is 0. The van der Waals surface area contributed by atoms with Crippen molar-refractivity contribution in [2.75, 3.05) is 6.54 Å². The third-order valence-corrected chi connectivity index (χ3v) is 4.05. The molecule has 1 heterocycles. The Bertz CT molecular complexity index is 569. The van der Waals surface area contributed by atoms with Crippen LogP contribution < -0.4 is 5.43 Å². The number of benzene rings is 1. The monoisotopic (exact) mass is 315 g/mol. The number of amides is 2. The fourth-order valence-corrected chi connectivity index (χ4v) is 2.63. The van der Waals surface area contributed by atoms with Gasteiger partial charge >= 0.3 is 0 Å². The zero-order valence-electron chi connectivity index (χ0n) is 13.9. The molecule has 5 nitrogen and oxygen atoms in total. The summed E-state index contributed by atoms with van der Waals surface area (Å²) in [6, 6.07) is 9.83. The number of nitrogens with one attached hydrogen (secondary N) is 1. The Hall–Kier alpha value is -2.17. The van der Waals surface area contributed by atoms with Gasteiger partial charge in [0, 0.05) is 25.2 Å². The predicted molar refractivity (Wildman–Crippen MR) is 90.7 cm³/mol. The predicted octanol–water partition coefficient (Wildman–Crippen LogP) is 2.72. The summed E-state index contributed by atoms with van der Waals surface area (Å²) in [4.78, 5) is 26.0. The summed E-state index contributed by atoms with van der Waals surface area (Å²) in [6.07, 6.45) is 3.33. The van der Waals surface area contributed by atoms with Crippen LogP contribution in [0.15, 0.2) is 35.4 Å². The molecule has 1 aromatic carbocycles. The Morgan fingerprint density at radius 3 is 2.78 bits per heavy atom. The number of unbranched alkanes of at least 4 members (excludes halogenated alkanes) is 1. The van der Waals surface area contributed by atoms with Crippen LogP contribution >= 0.6 is 0 Å². The molecule has 1 aromatic rings. The molecular formula is C18H25N3O2. The van der Waals surface area contributed by atoms with E-state index in [1.54, 1.807) is 4.90 Å². The standard InChI is InChI=1S/C18H25N3O2/c1-3-4-8-14(2)19-20-18(23)16-11-17(22)21(13-16)12-15-9-6-5-7-10-15/h5-7,9-10,16H,3-4,8,11-13H2,1-2H3,(H,20,23)/b19-14+. The number of hydrazone groups is 1. The second-order valence-corrected chi connectivity index (χ2v) is 6.09. The molecule has 1 fully saturated rings. The fraction of sp³-hybridized carbons (Fsp3) is 0.500. The molecule has 0 spiro atoms. The summed E-state index contributed by atoms with van der Waals surface area (Å²) in [5, 5.41) is 4.13. The van der Waals surface area contributed by atoms with Gasteiger partial charge in [-0.3, -0.25) is 9.59 Å². The lowest BCUT2D eigenvalue weighted by Gasteiger charge is -2.16. The normalized spacial score (nSPS) is 18.3. The lowest BCUT2D eigenvalue weighted by Crippen LogP contribution is -2.30. The van der Waals surface area contributed by atoms with Crippen LogP contribution in [0.4, 0.5) is 0 Å². The first kappa shape index (κ1) is 17.2. The highest BCUT2D eigenvalue weighted by Crippen LogP contribution is 2.20. The second kappa shape index (κ2) is 8.46. The van der Waals surface area contributed by atoms with E-state index < -0.39 is 0 Å². The van der Waals surface area contributed by atoms with E-state index in [0.29, 0.717) is 13.1 Å². The third kappa shape index (κ3) is 5.20. The molecule has 124 valence electrons. The first-order valence-electron chi connectivity index (χ1n) is 8.25. The van der Waals surface area contributed by atoms with Crippen LogP contribution in [0.2, 0.25) is 0 Å². The Balaban J connectivity index is 1.85. The molecule has 1 unspecified atom stereocenters. The van der Waals surface area contributed by atoms with Crippen molar-refractivity contribution in [3.8, 4) is 0 Å². The van der Waals surface area contributed by atoms with Gasteiger partial charge in [0.15, 0.2) is 0 Å². The van der Waals surface area contributed by atoms with E-state index in [9.17, 15) is 9.59 Å². The molecule has 1 N–H and O–H groups in total. The number of carbonyl (C=O) groups is 2. The summed E-state index contributed by atoms with van der Waals surface area (Å²) in [5.74, 6) is -0.445. The van der Waals surface area contributed by atoms with Gasteiger partial charge in [-0.1, -0.05) is 43.7 Å². The molecule has 0 radical (unpaired) electrons. The number of nitrogens with zero attached hydrogens (tertiary/aromatic N) is 2. The molecule has 0 aliphatic carbocycles. The van der Waals surface area contributed by atoms with Crippen LogP contribution in [-0.2, 0) is 16.1 Å². The molecule has 0 saturated carbocycles. The molecule has 1 aliphatic heterocycles. The molecule has 0 bridgehead atoms. The lowest BCUT2D eigenvalue weighted by molar-refractivity contribution is -0.129. The van der Waals surface area contributed by atoms with Gasteiger partial charge in [0.2, 0.25) is 11.8 Å². The van der Waals surface area contributed by atoms with Crippen molar-refractivity contribution in [1.82, 2.24) is 10.3 Å². The summed E-state index contributed by atoms with van der Waals surface area (Å²) < 4.78 is 0. The van der Waals surface area contributed by atoms with Crippen LogP contribution in [0.25, 0.3) is 0 Å². The highest BCUT2D eigenvalue weighted by Gasteiger charge is 2.34. The van der Waals surface area contributed by atoms with Crippen LogP contribution in [0.1, 0.15) is 45.1 Å². The van der Waals surface area contributed by atoms with Crippen LogP contribution in [0, 0.1) is 5.92 Å². The number of hydrogen-bond acceptors (Lipinski definition) is 3. The third-order valence-electron chi connectivity index (χ3n) is 4.05. The van der Waals surface area contributed by atoms with E-state index in [1.165, 1.54) is 0 Å². The quantitative estimate of drug-likeness (QED) is 0.621. The minimum absolute atomic E-state index is 0.0284. The van der Waals surface area contributed by atoms with E-state index in [4.69, 9.17) is 0 Å². The molecule has 1 aliphatic rings. The molecule has 1 atom stereocenters. The van der Waals surface area contributed by atoms with E-state index in [-0.39, 0.29) is 24.2 Å². The van der Waals surface area contributed by atoms with Crippen molar-refractivity contribution < 1.29 is 9.59 Å². The molecule has 2 amide bonds. The van der Waals surface area contributed by atoms with Crippen molar-refractivity contribution in [3.05, 3.63) is 35.9 Å². The molecular weight excluding hydrogens is 290 g/mol. The Morgan fingerprint density at radius 2 is 2.09 bits per heavy atom. The average Bonchev–Trinajstić information content (AvgIpc) is 2.92. The minimum atomic E-state index is -0.311. The zero-order chi connectivity index (χ0) is 16.7. The molecule has 0 aromatic heterocycles. The van der Waals surface area contributed by atoms with E-state index in [1.807, 2.05) is 37.3 Å². The van der Waals surface area contributed by atoms with Gasteiger partial charge in [0.05, 0.1) is 5.92 Å². The van der Waals surface area contributed by atoms with Crippen LogP contribution in [0.3, 0.4) is 0 Å². The zero-order valence-corrected chi connectivity index (χ0v) is 13.9. The largest absolute Gasteiger partial charge is 0.338 e. The van der Waals surface area contributed by atoms with Crippen molar-refractivity contribution in [2.24, 2.45) is 11.0 Å².